The number of unbranched alkanes of at least 4 members (excludes halogenated alkanes) is 6. The average molecular weight is 398 g/mol. The monoisotopic (exact) mass is 397 g/mol. The molecular weight excluding hydrogens is 370 g/mol. The van der Waals surface area contributed by atoms with Crippen molar-refractivity contribution >= 4 is 44.4 Å². The molecule has 0 unspecified atom stereocenters. The smallest absolute Gasteiger partial charge is 0.129 e. The highest BCUT2D eigenvalue weighted by Gasteiger charge is 2.14. The van der Waals surface area contributed by atoms with Gasteiger partial charge in [0.1, 0.15) is 11.0 Å². The van der Waals surface area contributed by atoms with Gasteiger partial charge < -0.3 is 4.90 Å². The summed E-state index contributed by atoms with van der Waals surface area (Å²) in [5.41, 5.74) is 3.31. The maximum absolute atomic E-state index is 4.55. The second kappa shape index (κ2) is 10.2. The third kappa shape index (κ3) is 5.42. The lowest BCUT2D eigenvalue weighted by atomic mass is 10.1. The second-order valence-electron chi connectivity index (χ2n) is 6.14. The summed E-state index contributed by atoms with van der Waals surface area (Å²) < 4.78 is 10.0. The van der Waals surface area contributed by atoms with Gasteiger partial charge >= 0.3 is 0 Å². The summed E-state index contributed by atoms with van der Waals surface area (Å²) in [6.45, 7) is 6.78. The second-order valence-corrected chi connectivity index (χ2v) is 7.52. The maximum Gasteiger partial charge on any atom is 0.129 e. The number of hydrogen-bond donors (Lipinski definition) is 0. The zero-order valence-electron chi connectivity index (χ0n) is 14.4. The van der Waals surface area contributed by atoms with E-state index in [1.807, 2.05) is 0 Å². The number of nitrogens with zero attached hydrogens (tertiary/aromatic N) is 3. The van der Waals surface area contributed by atoms with E-state index in [1.165, 1.54) is 68.8 Å². The average Bonchev–Trinajstić information content (AvgIpc) is 3.05. The van der Waals surface area contributed by atoms with Crippen molar-refractivity contribution in [1.29, 1.82) is 0 Å². The van der Waals surface area contributed by atoms with Crippen LogP contribution in [-0.2, 0) is 0 Å². The van der Waals surface area contributed by atoms with E-state index >= 15 is 0 Å². The molecule has 1 aromatic heterocycles. The lowest BCUT2D eigenvalue weighted by Crippen LogP contribution is -2.26. The van der Waals surface area contributed by atoms with Crippen LogP contribution in [0.1, 0.15) is 65.2 Å². The van der Waals surface area contributed by atoms with E-state index in [4.69, 9.17) is 0 Å². The van der Waals surface area contributed by atoms with Crippen molar-refractivity contribution in [3.8, 4) is 0 Å². The Hall–Kier alpha value is -0.680. The van der Waals surface area contributed by atoms with Gasteiger partial charge in [-0.1, -0.05) is 52.4 Å². The molecule has 2 rings (SSSR count). The molecule has 1 aromatic carbocycles. The van der Waals surface area contributed by atoms with Crippen molar-refractivity contribution in [1.82, 2.24) is 8.75 Å². The number of benzene rings is 1. The van der Waals surface area contributed by atoms with Crippen LogP contribution in [0.2, 0.25) is 0 Å². The molecule has 0 aliphatic carbocycles. The summed E-state index contributed by atoms with van der Waals surface area (Å²) in [6, 6.07) is 4.32. The highest BCUT2D eigenvalue weighted by atomic mass is 79.9. The molecule has 3 nitrogen and oxygen atoms in total. The Morgan fingerprint density at radius 3 is 2.09 bits per heavy atom. The molecule has 0 fully saturated rings. The van der Waals surface area contributed by atoms with E-state index < -0.39 is 0 Å². The van der Waals surface area contributed by atoms with E-state index in [2.05, 4.69) is 55.6 Å². The number of anilines is 1. The maximum atomic E-state index is 4.55. The molecule has 0 bridgehead atoms. The van der Waals surface area contributed by atoms with Gasteiger partial charge in [-0.25, -0.2) is 0 Å². The van der Waals surface area contributed by atoms with Gasteiger partial charge in [-0.15, -0.1) is 0 Å². The normalized spacial score (nSPS) is 11.3. The fraction of sp³-hybridized carbons (Fsp3) is 0.667. The zero-order chi connectivity index (χ0) is 16.5. The van der Waals surface area contributed by atoms with Gasteiger partial charge in [-0.2, -0.15) is 8.75 Å². The molecule has 0 radical (unpaired) electrons. The van der Waals surface area contributed by atoms with E-state index in [0.717, 1.165) is 28.6 Å². The molecule has 0 atom stereocenters. The lowest BCUT2D eigenvalue weighted by molar-refractivity contribution is 0.609. The molecule has 0 N–H and O–H groups in total. The molecule has 128 valence electrons. The summed E-state index contributed by atoms with van der Waals surface area (Å²) in [4.78, 5) is 2.53. The van der Waals surface area contributed by atoms with Crippen molar-refractivity contribution in [3.63, 3.8) is 0 Å². The fourth-order valence-corrected chi connectivity index (χ4v) is 3.98. The molecule has 0 amide bonds. The molecule has 0 aliphatic heterocycles. The van der Waals surface area contributed by atoms with Crippen molar-refractivity contribution < 1.29 is 0 Å². The third-order valence-corrected chi connectivity index (χ3v) is 5.42. The quantitative estimate of drug-likeness (QED) is 0.409. The summed E-state index contributed by atoms with van der Waals surface area (Å²) >= 11 is 4.90. The van der Waals surface area contributed by atoms with Crippen LogP contribution in [-0.4, -0.2) is 21.8 Å². The first kappa shape index (κ1) is 18.7. The Kier molecular flexibility index (Phi) is 8.31. The first-order valence-electron chi connectivity index (χ1n) is 8.93. The molecule has 0 saturated heterocycles. The molecule has 1 heterocycles. The van der Waals surface area contributed by atoms with Gasteiger partial charge in [-0.05, 0) is 40.9 Å². The van der Waals surface area contributed by atoms with Crippen molar-refractivity contribution in [2.24, 2.45) is 0 Å². The molecule has 2 aromatic rings. The highest BCUT2D eigenvalue weighted by molar-refractivity contribution is 9.10. The van der Waals surface area contributed by atoms with Crippen LogP contribution in [0, 0.1) is 0 Å². The Bertz CT molecular complexity index is 573. The van der Waals surface area contributed by atoms with Crippen molar-refractivity contribution in [2.75, 3.05) is 18.0 Å². The van der Waals surface area contributed by atoms with Gasteiger partial charge in [-0.3, -0.25) is 0 Å². The number of aromatic nitrogens is 2. The number of fused-ring (bicyclic) bond motifs is 1. The SMILES string of the molecule is CCCCCCN(CCCCCC)c1ccc(Br)c2nsnc12. The Morgan fingerprint density at radius 2 is 1.48 bits per heavy atom. The first-order valence-corrected chi connectivity index (χ1v) is 10.5. The minimum atomic E-state index is 1.000. The van der Waals surface area contributed by atoms with Crippen LogP contribution in [0.5, 0.6) is 0 Å². The standard InChI is InChI=1S/C18H28BrN3S/c1-3-5-7-9-13-22(14-10-8-6-4-2)16-12-11-15(19)17-18(16)21-23-20-17/h11-12H,3-10,13-14H2,1-2H3. The van der Waals surface area contributed by atoms with E-state index in [1.54, 1.807) is 0 Å². The van der Waals surface area contributed by atoms with Crippen LogP contribution in [0.3, 0.4) is 0 Å². The topological polar surface area (TPSA) is 29.0 Å². The molecule has 0 saturated carbocycles. The van der Waals surface area contributed by atoms with Crippen LogP contribution in [0.4, 0.5) is 5.69 Å². The van der Waals surface area contributed by atoms with Crippen molar-refractivity contribution in [2.45, 2.75) is 65.2 Å². The highest BCUT2D eigenvalue weighted by Crippen LogP contribution is 2.31. The predicted octanol–water partition coefficient (Wildman–Crippen LogP) is 6.42. The van der Waals surface area contributed by atoms with Gasteiger partial charge in [0, 0.05) is 17.6 Å². The van der Waals surface area contributed by atoms with Gasteiger partial charge in [0.2, 0.25) is 0 Å². The number of halogens is 1. The summed E-state index contributed by atoms with van der Waals surface area (Å²) in [5, 5.41) is 0. The van der Waals surface area contributed by atoms with Gasteiger partial charge in [0.25, 0.3) is 0 Å². The van der Waals surface area contributed by atoms with Crippen LogP contribution < -0.4 is 4.90 Å². The summed E-state index contributed by atoms with van der Waals surface area (Å²) in [7, 11) is 0. The first-order chi connectivity index (χ1) is 11.3. The predicted molar refractivity (Wildman–Crippen MR) is 106 cm³/mol. The van der Waals surface area contributed by atoms with E-state index in [0.29, 0.717) is 0 Å². The minimum absolute atomic E-state index is 1.000. The molecule has 0 spiro atoms. The van der Waals surface area contributed by atoms with Gasteiger partial charge in [0.05, 0.1) is 17.4 Å². The largest absolute Gasteiger partial charge is 0.370 e. The van der Waals surface area contributed by atoms with Crippen LogP contribution in [0.15, 0.2) is 16.6 Å². The number of hydrogen-bond acceptors (Lipinski definition) is 4. The summed E-state index contributed by atoms with van der Waals surface area (Å²) in [5.74, 6) is 0. The summed E-state index contributed by atoms with van der Waals surface area (Å²) in [6.07, 6.45) is 10.4. The third-order valence-electron chi connectivity index (χ3n) is 4.25. The molecule has 5 heteroatoms. The zero-order valence-corrected chi connectivity index (χ0v) is 16.8. The Morgan fingerprint density at radius 1 is 0.870 bits per heavy atom. The van der Waals surface area contributed by atoms with Crippen molar-refractivity contribution in [3.05, 3.63) is 16.6 Å². The molecule has 23 heavy (non-hydrogen) atoms. The van der Waals surface area contributed by atoms with Crippen LogP contribution >= 0.6 is 27.7 Å². The Balaban J connectivity index is 2.10. The van der Waals surface area contributed by atoms with Gasteiger partial charge in [0.15, 0.2) is 0 Å². The Labute approximate surface area is 152 Å². The minimum Gasteiger partial charge on any atom is -0.370 e. The van der Waals surface area contributed by atoms with E-state index in [9.17, 15) is 0 Å². The fourth-order valence-electron chi connectivity index (χ4n) is 2.89. The van der Waals surface area contributed by atoms with Crippen LogP contribution in [0.25, 0.3) is 11.0 Å². The molecular formula is C18H28BrN3S. The molecule has 0 aliphatic rings. The lowest BCUT2D eigenvalue weighted by Gasteiger charge is -2.25. The van der Waals surface area contributed by atoms with E-state index in [-0.39, 0.29) is 0 Å². The number of rotatable bonds is 11.